The summed E-state index contributed by atoms with van der Waals surface area (Å²) in [6.45, 7) is 1.60. The van der Waals surface area contributed by atoms with E-state index >= 15 is 0 Å². The Balaban J connectivity index is 0. The topological polar surface area (TPSA) is 59.0 Å². The second kappa shape index (κ2) is 10.6. The van der Waals surface area contributed by atoms with Crippen LogP contribution in [0.2, 0.25) is 0 Å². The third kappa shape index (κ3) is 11.3. The second-order valence-corrected chi connectivity index (χ2v) is 1.31. The van der Waals surface area contributed by atoms with Crippen molar-refractivity contribution in [1.29, 1.82) is 5.26 Å². The van der Waals surface area contributed by atoms with E-state index in [0.717, 1.165) is 0 Å². The van der Waals surface area contributed by atoms with Crippen molar-refractivity contribution in [2.24, 2.45) is 5.73 Å². The van der Waals surface area contributed by atoms with E-state index in [4.69, 9.17) is 15.7 Å². The van der Waals surface area contributed by atoms with Gasteiger partial charge in [-0.15, -0.1) is 12.4 Å². The van der Waals surface area contributed by atoms with Crippen LogP contribution in [0.4, 0.5) is 0 Å². The molecule has 0 aliphatic rings. The minimum Gasteiger partial charge on any atom is -0.379 e. The van der Waals surface area contributed by atoms with Crippen LogP contribution in [0.3, 0.4) is 0 Å². The maximum atomic E-state index is 8.00. The van der Waals surface area contributed by atoms with E-state index in [0.29, 0.717) is 26.2 Å². The predicted molar refractivity (Wildman–Crippen MR) is 37.4 cm³/mol. The monoisotopic (exact) mass is 150 g/mol. The molecule has 3 nitrogen and oxygen atoms in total. The molecule has 0 aromatic heterocycles. The maximum Gasteiger partial charge on any atom is 0.0645 e. The number of hydrogen-bond acceptors (Lipinski definition) is 3. The molecule has 0 spiro atoms. The van der Waals surface area contributed by atoms with Gasteiger partial charge in [0.1, 0.15) is 0 Å². The zero-order chi connectivity index (χ0) is 6.24. The normalized spacial score (nSPS) is 7.56. The molecule has 0 saturated carbocycles. The fourth-order valence-electron chi connectivity index (χ4n) is 0.303. The quantitative estimate of drug-likeness (QED) is 0.587. The average molecular weight is 151 g/mol. The molecule has 0 radical (unpaired) electrons. The number of hydrogen-bond donors (Lipinski definition) is 1. The molecule has 0 heterocycles. The number of ether oxygens (including phenoxy) is 1. The SMILES string of the molecule is Cl.N#CCCOCCN. The van der Waals surface area contributed by atoms with Crippen LogP contribution in [0.5, 0.6) is 0 Å². The van der Waals surface area contributed by atoms with Gasteiger partial charge in [-0.25, -0.2) is 0 Å². The number of nitrogens with two attached hydrogens (primary N) is 1. The first-order valence-electron chi connectivity index (χ1n) is 2.56. The van der Waals surface area contributed by atoms with E-state index in [1.165, 1.54) is 0 Å². The van der Waals surface area contributed by atoms with Crippen molar-refractivity contribution >= 4 is 12.4 Å². The molecular weight excluding hydrogens is 140 g/mol. The van der Waals surface area contributed by atoms with Crippen LogP contribution < -0.4 is 5.73 Å². The molecule has 0 bridgehead atoms. The lowest BCUT2D eigenvalue weighted by Crippen LogP contribution is -2.08. The van der Waals surface area contributed by atoms with Crippen molar-refractivity contribution in [2.45, 2.75) is 6.42 Å². The summed E-state index contributed by atoms with van der Waals surface area (Å²) in [7, 11) is 0. The third-order valence-electron chi connectivity index (χ3n) is 0.620. The van der Waals surface area contributed by atoms with E-state index in [2.05, 4.69) is 0 Å². The summed E-state index contributed by atoms with van der Waals surface area (Å²) in [5, 5.41) is 8.00. The molecule has 0 aliphatic carbocycles. The lowest BCUT2D eigenvalue weighted by atomic mass is 10.5. The van der Waals surface area contributed by atoms with Gasteiger partial charge in [0.15, 0.2) is 0 Å². The molecule has 0 rings (SSSR count). The summed E-state index contributed by atoms with van der Waals surface area (Å²) < 4.78 is 4.88. The molecule has 54 valence electrons. The third-order valence-corrected chi connectivity index (χ3v) is 0.620. The summed E-state index contributed by atoms with van der Waals surface area (Å²) in [5.41, 5.74) is 5.10. The second-order valence-electron chi connectivity index (χ2n) is 1.31. The van der Waals surface area contributed by atoms with Crippen LogP contribution >= 0.6 is 12.4 Å². The van der Waals surface area contributed by atoms with E-state index in [1.54, 1.807) is 0 Å². The van der Waals surface area contributed by atoms with Gasteiger partial charge >= 0.3 is 0 Å². The molecule has 0 unspecified atom stereocenters. The zero-order valence-electron chi connectivity index (χ0n) is 5.17. The van der Waals surface area contributed by atoms with Gasteiger partial charge in [0, 0.05) is 6.54 Å². The summed E-state index contributed by atoms with van der Waals surface area (Å²) >= 11 is 0. The Morgan fingerprint density at radius 3 is 2.56 bits per heavy atom. The highest BCUT2D eigenvalue weighted by molar-refractivity contribution is 5.85. The molecule has 9 heavy (non-hydrogen) atoms. The lowest BCUT2D eigenvalue weighted by molar-refractivity contribution is 0.147. The Morgan fingerprint density at radius 1 is 1.44 bits per heavy atom. The van der Waals surface area contributed by atoms with E-state index in [-0.39, 0.29) is 12.4 Å². The van der Waals surface area contributed by atoms with Gasteiger partial charge in [-0.2, -0.15) is 5.26 Å². The molecule has 0 aromatic carbocycles. The highest BCUT2D eigenvalue weighted by Gasteiger charge is 1.81. The van der Waals surface area contributed by atoms with Crippen molar-refractivity contribution in [3.05, 3.63) is 0 Å². The number of nitrogens with zero attached hydrogens (tertiary/aromatic N) is 1. The lowest BCUT2D eigenvalue weighted by Gasteiger charge is -1.94. The molecule has 0 saturated heterocycles. The van der Waals surface area contributed by atoms with Gasteiger partial charge in [-0.3, -0.25) is 0 Å². The highest BCUT2D eigenvalue weighted by Crippen LogP contribution is 1.76. The van der Waals surface area contributed by atoms with Gasteiger partial charge in [0.05, 0.1) is 25.7 Å². The Bertz CT molecular complexity index is 81.5. The van der Waals surface area contributed by atoms with Gasteiger partial charge in [-0.05, 0) is 0 Å². The fourth-order valence-corrected chi connectivity index (χ4v) is 0.303. The molecule has 0 aromatic rings. The van der Waals surface area contributed by atoms with Gasteiger partial charge in [-0.1, -0.05) is 0 Å². The Morgan fingerprint density at radius 2 is 2.11 bits per heavy atom. The Labute approximate surface area is 61.2 Å². The van der Waals surface area contributed by atoms with Crippen LogP contribution in [-0.4, -0.2) is 19.8 Å². The van der Waals surface area contributed by atoms with E-state index in [9.17, 15) is 0 Å². The van der Waals surface area contributed by atoms with Crippen molar-refractivity contribution in [3.8, 4) is 6.07 Å². The van der Waals surface area contributed by atoms with Crippen molar-refractivity contribution in [3.63, 3.8) is 0 Å². The van der Waals surface area contributed by atoms with Gasteiger partial charge < -0.3 is 10.5 Å². The first kappa shape index (κ1) is 11.5. The largest absolute Gasteiger partial charge is 0.379 e. The number of rotatable bonds is 4. The zero-order valence-corrected chi connectivity index (χ0v) is 5.99. The minimum absolute atomic E-state index is 0. The van der Waals surface area contributed by atoms with Crippen LogP contribution in [0, 0.1) is 11.3 Å². The minimum atomic E-state index is 0. The Hall–Kier alpha value is -0.300. The first-order chi connectivity index (χ1) is 3.91. The molecule has 0 aliphatic heterocycles. The standard InChI is InChI=1S/C5H10N2O.ClH/c6-2-1-4-8-5-3-7;/h1,3-5,7H2;1H. The average Bonchev–Trinajstić information content (AvgIpc) is 1.81. The summed E-state index contributed by atoms with van der Waals surface area (Å²) in [6, 6.07) is 1.96. The molecule has 2 N–H and O–H groups in total. The number of nitriles is 1. The van der Waals surface area contributed by atoms with Crippen LogP contribution in [0.1, 0.15) is 6.42 Å². The van der Waals surface area contributed by atoms with Crippen molar-refractivity contribution < 1.29 is 4.74 Å². The Kier molecular flexibility index (Phi) is 13.6. The van der Waals surface area contributed by atoms with E-state index in [1.807, 2.05) is 6.07 Å². The summed E-state index contributed by atoms with van der Waals surface area (Å²) in [5.74, 6) is 0. The van der Waals surface area contributed by atoms with Gasteiger partial charge in [0.25, 0.3) is 0 Å². The molecular formula is C5H11ClN2O. The van der Waals surface area contributed by atoms with Crippen molar-refractivity contribution in [1.82, 2.24) is 0 Å². The van der Waals surface area contributed by atoms with Crippen LogP contribution in [0.15, 0.2) is 0 Å². The first-order valence-corrected chi connectivity index (χ1v) is 2.56. The predicted octanol–water partition coefficient (Wildman–Crippen LogP) is 0.297. The smallest absolute Gasteiger partial charge is 0.0645 e. The summed E-state index contributed by atoms with van der Waals surface area (Å²) in [6.07, 6.45) is 0.458. The molecule has 4 heteroatoms. The highest BCUT2D eigenvalue weighted by atomic mass is 35.5. The maximum absolute atomic E-state index is 8.00. The van der Waals surface area contributed by atoms with Crippen LogP contribution in [-0.2, 0) is 4.74 Å². The fraction of sp³-hybridized carbons (Fsp3) is 0.800. The van der Waals surface area contributed by atoms with Crippen molar-refractivity contribution in [2.75, 3.05) is 19.8 Å². The molecule has 0 fully saturated rings. The molecule has 0 amide bonds. The van der Waals surface area contributed by atoms with Crippen LogP contribution in [0.25, 0.3) is 0 Å². The summed E-state index contributed by atoms with van der Waals surface area (Å²) in [4.78, 5) is 0. The number of halogens is 1. The molecule has 0 atom stereocenters. The van der Waals surface area contributed by atoms with E-state index < -0.39 is 0 Å². The van der Waals surface area contributed by atoms with Gasteiger partial charge in [0.2, 0.25) is 0 Å².